The van der Waals surface area contributed by atoms with Gasteiger partial charge in [-0.05, 0) is 18.8 Å². The molecule has 4 heteroatoms. The summed E-state index contributed by atoms with van der Waals surface area (Å²) in [5.41, 5.74) is 0. The van der Waals surface area contributed by atoms with Crippen LogP contribution in [0.4, 0.5) is 0 Å². The molecule has 0 aromatic rings. The predicted molar refractivity (Wildman–Crippen MR) is 64.3 cm³/mol. The van der Waals surface area contributed by atoms with Gasteiger partial charge in [-0.15, -0.1) is 0 Å². The molecule has 0 saturated carbocycles. The van der Waals surface area contributed by atoms with Gasteiger partial charge in [0.15, 0.2) is 0 Å². The molecule has 4 nitrogen and oxygen atoms in total. The molecule has 16 heavy (non-hydrogen) atoms. The third kappa shape index (κ3) is 6.08. The lowest BCUT2D eigenvalue weighted by Crippen LogP contribution is -2.44. The Hall–Kier alpha value is -0.610. The van der Waals surface area contributed by atoms with Crippen molar-refractivity contribution in [2.75, 3.05) is 26.3 Å². The molecule has 1 amide bonds. The Morgan fingerprint density at radius 1 is 1.56 bits per heavy atom. The molecule has 0 aromatic heterocycles. The van der Waals surface area contributed by atoms with Crippen LogP contribution >= 0.6 is 0 Å². The largest absolute Gasteiger partial charge is 0.378 e. The van der Waals surface area contributed by atoms with Gasteiger partial charge in [0, 0.05) is 25.6 Å². The van der Waals surface area contributed by atoms with Crippen LogP contribution in [0.15, 0.2) is 0 Å². The molecular formula is C12H24N2O2. The summed E-state index contributed by atoms with van der Waals surface area (Å²) in [5.74, 6) is 0.845. The van der Waals surface area contributed by atoms with Crippen LogP contribution in [-0.2, 0) is 9.53 Å². The van der Waals surface area contributed by atoms with Crippen LogP contribution in [0.2, 0.25) is 0 Å². The number of hydrogen-bond donors (Lipinski definition) is 2. The number of hydrogen-bond acceptors (Lipinski definition) is 3. The number of morpholine rings is 1. The minimum absolute atomic E-state index is 0.131. The van der Waals surface area contributed by atoms with Crippen molar-refractivity contribution in [1.29, 1.82) is 0 Å². The summed E-state index contributed by atoms with van der Waals surface area (Å²) in [6.45, 7) is 7.46. The first-order valence-corrected chi connectivity index (χ1v) is 6.26. The van der Waals surface area contributed by atoms with Gasteiger partial charge in [0.25, 0.3) is 0 Å². The molecule has 0 spiro atoms. The van der Waals surface area contributed by atoms with Gasteiger partial charge in [-0.25, -0.2) is 0 Å². The van der Waals surface area contributed by atoms with E-state index < -0.39 is 0 Å². The van der Waals surface area contributed by atoms with Crippen molar-refractivity contribution in [3.63, 3.8) is 0 Å². The quantitative estimate of drug-likeness (QED) is 0.665. The van der Waals surface area contributed by atoms with Crippen molar-refractivity contribution in [2.24, 2.45) is 5.92 Å². The first-order chi connectivity index (χ1) is 7.68. The standard InChI is InChI=1S/C12H24N2O2/c1-10(2)4-3-5-14-12(15)8-11-9-16-7-6-13-11/h10-11,13H,3-9H2,1-2H3,(H,14,15). The van der Waals surface area contributed by atoms with Crippen LogP contribution in [0.3, 0.4) is 0 Å². The summed E-state index contributed by atoms with van der Waals surface area (Å²) in [5, 5.41) is 6.22. The monoisotopic (exact) mass is 228 g/mol. The number of rotatable bonds is 6. The van der Waals surface area contributed by atoms with E-state index in [0.717, 1.165) is 26.1 Å². The summed E-state index contributed by atoms with van der Waals surface area (Å²) >= 11 is 0. The van der Waals surface area contributed by atoms with Crippen LogP contribution in [0.1, 0.15) is 33.1 Å². The van der Waals surface area contributed by atoms with Crippen molar-refractivity contribution in [1.82, 2.24) is 10.6 Å². The van der Waals surface area contributed by atoms with Crippen molar-refractivity contribution < 1.29 is 9.53 Å². The van der Waals surface area contributed by atoms with Crippen LogP contribution < -0.4 is 10.6 Å². The Balaban J connectivity index is 2.01. The highest BCUT2D eigenvalue weighted by Gasteiger charge is 2.16. The van der Waals surface area contributed by atoms with E-state index in [-0.39, 0.29) is 11.9 Å². The lowest BCUT2D eigenvalue weighted by Gasteiger charge is -2.23. The predicted octanol–water partition coefficient (Wildman–Crippen LogP) is 0.917. The van der Waals surface area contributed by atoms with E-state index in [9.17, 15) is 4.79 Å². The minimum Gasteiger partial charge on any atom is -0.378 e. The first-order valence-electron chi connectivity index (χ1n) is 6.26. The Morgan fingerprint density at radius 3 is 3.00 bits per heavy atom. The molecule has 0 aromatic carbocycles. The zero-order chi connectivity index (χ0) is 11.8. The highest BCUT2D eigenvalue weighted by Crippen LogP contribution is 2.02. The van der Waals surface area contributed by atoms with Gasteiger partial charge in [-0.3, -0.25) is 4.79 Å². The smallest absolute Gasteiger partial charge is 0.221 e. The minimum atomic E-state index is 0.131. The second-order valence-electron chi connectivity index (χ2n) is 4.82. The Labute approximate surface area is 98.1 Å². The normalized spacial score (nSPS) is 21.1. The Kier molecular flexibility index (Phi) is 6.42. The molecule has 1 heterocycles. The highest BCUT2D eigenvalue weighted by molar-refractivity contribution is 5.76. The van der Waals surface area contributed by atoms with Crippen molar-refractivity contribution in [3.8, 4) is 0 Å². The van der Waals surface area contributed by atoms with Crippen molar-refractivity contribution >= 4 is 5.91 Å². The topological polar surface area (TPSA) is 50.4 Å². The second kappa shape index (κ2) is 7.63. The number of nitrogens with one attached hydrogen (secondary N) is 2. The summed E-state index contributed by atoms with van der Waals surface area (Å²) in [7, 11) is 0. The van der Waals surface area contributed by atoms with E-state index in [4.69, 9.17) is 4.74 Å². The van der Waals surface area contributed by atoms with Crippen molar-refractivity contribution in [2.45, 2.75) is 39.2 Å². The van der Waals surface area contributed by atoms with Gasteiger partial charge >= 0.3 is 0 Å². The number of amides is 1. The van der Waals surface area contributed by atoms with E-state index in [1.807, 2.05) is 0 Å². The van der Waals surface area contributed by atoms with Crippen LogP contribution in [0.25, 0.3) is 0 Å². The van der Waals surface area contributed by atoms with Crippen LogP contribution in [0, 0.1) is 5.92 Å². The van der Waals surface area contributed by atoms with Gasteiger partial charge in [-0.1, -0.05) is 13.8 Å². The van der Waals surface area contributed by atoms with E-state index >= 15 is 0 Å². The third-order valence-corrected chi connectivity index (χ3v) is 2.71. The van der Waals surface area contributed by atoms with E-state index in [1.165, 1.54) is 6.42 Å². The maximum atomic E-state index is 11.5. The number of ether oxygens (including phenoxy) is 1. The molecule has 0 bridgehead atoms. The average Bonchev–Trinajstić information content (AvgIpc) is 2.25. The van der Waals surface area contributed by atoms with Gasteiger partial charge in [0.2, 0.25) is 5.91 Å². The van der Waals surface area contributed by atoms with Crippen molar-refractivity contribution in [3.05, 3.63) is 0 Å². The maximum absolute atomic E-state index is 11.5. The SMILES string of the molecule is CC(C)CCCNC(=O)CC1COCCN1. The van der Waals surface area contributed by atoms with Crippen LogP contribution in [-0.4, -0.2) is 38.3 Å². The molecule has 1 fully saturated rings. The summed E-state index contributed by atoms with van der Waals surface area (Å²) in [6.07, 6.45) is 2.77. The molecule has 1 saturated heterocycles. The fourth-order valence-corrected chi connectivity index (χ4v) is 1.78. The Morgan fingerprint density at radius 2 is 2.38 bits per heavy atom. The maximum Gasteiger partial charge on any atom is 0.221 e. The molecule has 1 aliphatic heterocycles. The van der Waals surface area contributed by atoms with Gasteiger partial charge in [0.1, 0.15) is 0 Å². The molecular weight excluding hydrogens is 204 g/mol. The van der Waals surface area contributed by atoms with Gasteiger partial charge in [0.05, 0.1) is 13.2 Å². The zero-order valence-electron chi connectivity index (χ0n) is 10.4. The lowest BCUT2D eigenvalue weighted by atomic mass is 10.1. The first kappa shape index (κ1) is 13.5. The molecule has 1 unspecified atom stereocenters. The fourth-order valence-electron chi connectivity index (χ4n) is 1.78. The summed E-state index contributed by atoms with van der Waals surface area (Å²) in [6, 6.07) is 0.193. The second-order valence-corrected chi connectivity index (χ2v) is 4.82. The molecule has 0 aliphatic carbocycles. The molecule has 0 radical (unpaired) electrons. The fraction of sp³-hybridized carbons (Fsp3) is 0.917. The van der Waals surface area contributed by atoms with E-state index in [1.54, 1.807) is 0 Å². The highest BCUT2D eigenvalue weighted by atomic mass is 16.5. The lowest BCUT2D eigenvalue weighted by molar-refractivity contribution is -0.122. The molecule has 1 atom stereocenters. The van der Waals surface area contributed by atoms with Gasteiger partial charge < -0.3 is 15.4 Å². The Bertz CT molecular complexity index is 201. The van der Waals surface area contributed by atoms with Gasteiger partial charge in [-0.2, -0.15) is 0 Å². The molecule has 2 N–H and O–H groups in total. The average molecular weight is 228 g/mol. The number of carbonyl (C=O) groups excluding carboxylic acids is 1. The molecule has 1 aliphatic rings. The van der Waals surface area contributed by atoms with E-state index in [0.29, 0.717) is 18.9 Å². The molecule has 94 valence electrons. The zero-order valence-corrected chi connectivity index (χ0v) is 10.4. The van der Waals surface area contributed by atoms with E-state index in [2.05, 4.69) is 24.5 Å². The summed E-state index contributed by atoms with van der Waals surface area (Å²) < 4.78 is 5.30. The third-order valence-electron chi connectivity index (χ3n) is 2.71. The molecule has 1 rings (SSSR count). The summed E-state index contributed by atoms with van der Waals surface area (Å²) in [4.78, 5) is 11.5. The van der Waals surface area contributed by atoms with Crippen LogP contribution in [0.5, 0.6) is 0 Å². The number of carbonyl (C=O) groups is 1.